The number of aliphatic hydroxyl groups excluding tert-OH is 3. The van der Waals surface area contributed by atoms with E-state index in [1.165, 1.54) is 35.4 Å². The number of imide groups is 1. The highest BCUT2D eigenvalue weighted by Crippen LogP contribution is 2.33. The van der Waals surface area contributed by atoms with Crippen LogP contribution in [-0.4, -0.2) is 194 Å². The van der Waals surface area contributed by atoms with E-state index in [9.17, 15) is 44.1 Å². The maximum atomic E-state index is 12.5. The smallest absolute Gasteiger partial charge is 0.243 e. The van der Waals surface area contributed by atoms with Crippen LogP contribution in [0.3, 0.4) is 0 Å². The third-order valence-corrected chi connectivity index (χ3v) is 10.9. The van der Waals surface area contributed by atoms with Gasteiger partial charge in [-0.1, -0.05) is 0 Å². The Morgan fingerprint density at radius 3 is 2.09 bits per heavy atom. The first-order valence-electron chi connectivity index (χ1n) is 19.5. The van der Waals surface area contributed by atoms with Gasteiger partial charge < -0.3 is 54.5 Å². The maximum absolute atomic E-state index is 12.5. The lowest BCUT2D eigenvalue weighted by atomic mass is 9.85. The fourth-order valence-corrected chi connectivity index (χ4v) is 7.50. The molecule has 6 atom stereocenters. The summed E-state index contributed by atoms with van der Waals surface area (Å²) in [4.78, 5) is 76.2. The summed E-state index contributed by atoms with van der Waals surface area (Å²) in [5.41, 5.74) is 5.58. The number of rotatable bonds is 26. The average molecular weight is 835 g/mol. The summed E-state index contributed by atoms with van der Waals surface area (Å²) in [7, 11) is 0. The number of nitrogens with one attached hydrogen (secondary N) is 4. The highest BCUT2D eigenvalue weighted by molar-refractivity contribution is 8.00. The second kappa shape index (κ2) is 26.2. The quantitative estimate of drug-likeness (QED) is 0.0261. The van der Waals surface area contributed by atoms with Crippen LogP contribution < -0.4 is 21.5 Å². The van der Waals surface area contributed by atoms with Crippen LogP contribution >= 0.6 is 11.8 Å². The minimum atomic E-state index is -1.37. The molecule has 0 spiro atoms. The fourth-order valence-electron chi connectivity index (χ4n) is 6.87. The van der Waals surface area contributed by atoms with Gasteiger partial charge in [0.2, 0.25) is 35.4 Å². The normalized spacial score (nSPS) is 26.3. The van der Waals surface area contributed by atoms with Crippen molar-refractivity contribution in [3.8, 4) is 0 Å². The van der Waals surface area contributed by atoms with Gasteiger partial charge in [-0.05, 0) is 38.4 Å². The molecule has 0 radical (unpaired) electrons. The summed E-state index contributed by atoms with van der Waals surface area (Å²) in [5, 5.41) is 35.0. The van der Waals surface area contributed by atoms with E-state index >= 15 is 0 Å². The van der Waals surface area contributed by atoms with Crippen LogP contribution in [0, 0.1) is 5.92 Å². The van der Waals surface area contributed by atoms with Gasteiger partial charge in [0.25, 0.3) is 0 Å². The Balaban J connectivity index is 1.13. The first-order valence-corrected chi connectivity index (χ1v) is 20.8. The molecule has 3 rings (SSSR count). The highest BCUT2D eigenvalue weighted by Gasteiger charge is 2.45. The monoisotopic (exact) mass is 834 g/mol. The van der Waals surface area contributed by atoms with Crippen LogP contribution in [0.4, 0.5) is 0 Å². The second-order valence-corrected chi connectivity index (χ2v) is 15.1. The van der Waals surface area contributed by atoms with E-state index in [2.05, 4.69) is 21.5 Å². The Kier molecular flexibility index (Phi) is 22.2. The van der Waals surface area contributed by atoms with Crippen molar-refractivity contribution < 1.29 is 67.8 Å². The van der Waals surface area contributed by atoms with Gasteiger partial charge in [0.15, 0.2) is 0 Å². The number of carbonyl (C=O) groups excluding carboxylic acids is 6. The molecule has 21 heteroatoms. The van der Waals surface area contributed by atoms with E-state index in [0.29, 0.717) is 65.3 Å². The summed E-state index contributed by atoms with van der Waals surface area (Å²) in [5.74, 6) is -1.60. The largest absolute Gasteiger partial charge is 0.394 e. The molecule has 2 aliphatic heterocycles. The topological polar surface area (TPSA) is 264 Å². The molecule has 0 aromatic heterocycles. The van der Waals surface area contributed by atoms with E-state index in [-0.39, 0.29) is 99.0 Å². The Labute approximate surface area is 337 Å². The highest BCUT2D eigenvalue weighted by atomic mass is 32.2. The van der Waals surface area contributed by atoms with Gasteiger partial charge in [-0.25, -0.2) is 5.43 Å². The van der Waals surface area contributed by atoms with Crippen LogP contribution in [0.25, 0.3) is 0 Å². The number of likely N-dealkylation sites (tertiary alicyclic amines) is 1. The van der Waals surface area contributed by atoms with Crippen LogP contribution in [0.5, 0.6) is 0 Å². The Bertz CT molecular complexity index is 1290. The summed E-state index contributed by atoms with van der Waals surface area (Å²) >= 11 is 1.40. The molecular formula is C36H62N6O14S. The molecule has 0 aromatic carbocycles. The molecule has 0 bridgehead atoms. The van der Waals surface area contributed by atoms with Gasteiger partial charge in [-0.3, -0.25) is 39.1 Å². The lowest BCUT2D eigenvalue weighted by molar-refractivity contribution is -0.198. The zero-order valence-corrected chi connectivity index (χ0v) is 34.0. The molecule has 20 nitrogen and oxygen atoms in total. The van der Waals surface area contributed by atoms with Crippen LogP contribution in [0.1, 0.15) is 52.4 Å². The van der Waals surface area contributed by atoms with Gasteiger partial charge in [0, 0.05) is 58.5 Å². The molecule has 1 saturated carbocycles. The SMILES string of the molecule is CSC1CC(=O)N(C2CCC(C(=O)NNCCOCCOCCOCCNC(=O)CN(CCOCCC3OC(CO)C(O)C(O)C3NC(C)=O)C(C)=O)CC2)C1=O. The van der Waals surface area contributed by atoms with Crippen molar-refractivity contribution in [2.24, 2.45) is 5.92 Å². The third-order valence-electron chi connectivity index (χ3n) is 9.99. The summed E-state index contributed by atoms with van der Waals surface area (Å²) in [6.07, 6.45) is 0.353. The number of thioether (sulfide) groups is 1. The number of hydrogen-bond donors (Lipinski definition) is 7. The number of nitrogens with zero attached hydrogens (tertiary/aromatic N) is 2. The molecule has 7 N–H and O–H groups in total. The van der Waals surface area contributed by atoms with Gasteiger partial charge in [-0.2, -0.15) is 11.8 Å². The number of hydrazine groups is 1. The fraction of sp³-hybridized carbons (Fsp3) is 0.833. The standard InChI is InChI=1S/C36H62N6O14S/c1-23(44)39-32-27(56-28(22-43)33(48)34(32)49)8-12-52-15-11-41(24(2)45)21-30(46)37-9-13-53-16-18-55-19-17-54-14-10-38-40-35(50)25-4-6-26(7-5-25)42-31(47)20-29(57-3)36(42)51/h25-29,32-34,38,43,48-49H,4-22H2,1-3H3,(H,37,46)(H,39,44)(H,40,50). The number of aliphatic hydroxyl groups is 3. The molecule has 57 heavy (non-hydrogen) atoms. The average Bonchev–Trinajstić information content (AvgIpc) is 3.48. The van der Waals surface area contributed by atoms with Crippen molar-refractivity contribution in [2.45, 2.75) is 94.1 Å². The van der Waals surface area contributed by atoms with Crippen molar-refractivity contribution in [3.05, 3.63) is 0 Å². The van der Waals surface area contributed by atoms with Crippen molar-refractivity contribution >= 4 is 47.2 Å². The first-order chi connectivity index (χ1) is 27.4. The lowest BCUT2D eigenvalue weighted by Crippen LogP contribution is -2.64. The zero-order chi connectivity index (χ0) is 41.7. The molecule has 6 amide bonds. The maximum Gasteiger partial charge on any atom is 0.243 e. The number of hydrogen-bond acceptors (Lipinski definition) is 16. The predicted octanol–water partition coefficient (Wildman–Crippen LogP) is -2.94. The van der Waals surface area contributed by atoms with E-state index in [1.807, 2.05) is 6.26 Å². The van der Waals surface area contributed by atoms with E-state index in [4.69, 9.17) is 23.7 Å². The van der Waals surface area contributed by atoms with E-state index in [0.717, 1.165) is 0 Å². The Hall–Kier alpha value is -2.99. The van der Waals surface area contributed by atoms with Crippen LogP contribution in [0.2, 0.25) is 0 Å². The first kappa shape index (κ1) is 48.4. The van der Waals surface area contributed by atoms with Crippen molar-refractivity contribution in [1.82, 2.24) is 31.3 Å². The second-order valence-electron chi connectivity index (χ2n) is 14.1. The number of ether oxygens (including phenoxy) is 5. The minimum Gasteiger partial charge on any atom is -0.394 e. The van der Waals surface area contributed by atoms with Gasteiger partial charge in [-0.15, -0.1) is 0 Å². The molecule has 326 valence electrons. The van der Waals surface area contributed by atoms with Crippen molar-refractivity contribution in [1.29, 1.82) is 0 Å². The molecule has 0 aromatic rings. The molecular weight excluding hydrogens is 772 g/mol. The predicted molar refractivity (Wildman–Crippen MR) is 204 cm³/mol. The van der Waals surface area contributed by atoms with Gasteiger partial charge in [0.05, 0.1) is 76.8 Å². The molecule has 6 unspecified atom stereocenters. The number of carbonyl (C=O) groups is 6. The summed E-state index contributed by atoms with van der Waals surface area (Å²) in [6, 6.07) is -1.02. The lowest BCUT2D eigenvalue weighted by Gasteiger charge is -2.42. The Morgan fingerprint density at radius 2 is 1.49 bits per heavy atom. The minimum absolute atomic E-state index is 0.106. The molecule has 3 fully saturated rings. The number of amides is 6. The van der Waals surface area contributed by atoms with E-state index < -0.39 is 43.0 Å². The van der Waals surface area contributed by atoms with Gasteiger partial charge in [0.1, 0.15) is 18.3 Å². The molecule has 2 heterocycles. The zero-order valence-electron chi connectivity index (χ0n) is 33.2. The van der Waals surface area contributed by atoms with Crippen molar-refractivity contribution in [2.75, 3.05) is 91.9 Å². The van der Waals surface area contributed by atoms with Crippen LogP contribution in [-0.2, 0) is 52.5 Å². The molecule has 1 aliphatic carbocycles. The summed E-state index contributed by atoms with van der Waals surface area (Å²) < 4.78 is 27.7. The van der Waals surface area contributed by atoms with E-state index in [1.54, 1.807) is 0 Å². The van der Waals surface area contributed by atoms with Crippen molar-refractivity contribution in [3.63, 3.8) is 0 Å². The Morgan fingerprint density at radius 1 is 0.860 bits per heavy atom. The third kappa shape index (κ3) is 16.3. The van der Waals surface area contributed by atoms with Crippen LogP contribution in [0.15, 0.2) is 0 Å². The molecule has 3 aliphatic rings. The summed E-state index contributed by atoms with van der Waals surface area (Å²) in [6.45, 7) is 4.91. The van der Waals surface area contributed by atoms with Gasteiger partial charge >= 0.3 is 0 Å². The molecule has 2 saturated heterocycles.